The van der Waals surface area contributed by atoms with E-state index in [-0.39, 0.29) is 0 Å². The van der Waals surface area contributed by atoms with Gasteiger partial charge in [0.1, 0.15) is 0 Å². The van der Waals surface area contributed by atoms with Gasteiger partial charge in [-0.2, -0.15) is 0 Å². The first-order valence-corrected chi connectivity index (χ1v) is 8.41. The summed E-state index contributed by atoms with van der Waals surface area (Å²) in [5.74, 6) is 0.941. The summed E-state index contributed by atoms with van der Waals surface area (Å²) in [6.45, 7) is 6.88. The largest absolute Gasteiger partial charge is 0.370 e. The molecule has 0 saturated heterocycles. The highest BCUT2D eigenvalue weighted by Crippen LogP contribution is 2.23. The van der Waals surface area contributed by atoms with Crippen LogP contribution in [0.5, 0.6) is 0 Å². The van der Waals surface area contributed by atoms with E-state index in [0.717, 1.165) is 19.0 Å². The molecule has 0 radical (unpaired) electrons. The van der Waals surface area contributed by atoms with Crippen molar-refractivity contribution in [3.63, 3.8) is 0 Å². The maximum Gasteiger partial charge on any atom is 0.0366 e. The smallest absolute Gasteiger partial charge is 0.0366 e. The van der Waals surface area contributed by atoms with Crippen molar-refractivity contribution in [1.29, 1.82) is 0 Å². The van der Waals surface area contributed by atoms with E-state index in [1.807, 2.05) is 0 Å². The van der Waals surface area contributed by atoms with Crippen molar-refractivity contribution in [1.82, 2.24) is 5.32 Å². The third-order valence-electron chi connectivity index (χ3n) is 4.37. The van der Waals surface area contributed by atoms with Crippen LogP contribution in [0, 0.1) is 5.92 Å². The molecule has 2 nitrogen and oxygen atoms in total. The normalized spacial score (nSPS) is 15.7. The molecule has 2 rings (SSSR count). The van der Waals surface area contributed by atoms with E-state index in [9.17, 15) is 0 Å². The molecule has 0 aromatic heterocycles. The molecule has 1 aromatic carbocycles. The van der Waals surface area contributed by atoms with E-state index in [0.29, 0.717) is 0 Å². The number of anilines is 1. The van der Waals surface area contributed by atoms with Crippen LogP contribution in [-0.4, -0.2) is 26.2 Å². The maximum absolute atomic E-state index is 3.66. The van der Waals surface area contributed by atoms with Crippen LogP contribution < -0.4 is 10.2 Å². The van der Waals surface area contributed by atoms with Gasteiger partial charge in [0.2, 0.25) is 0 Å². The number of unbranched alkanes of at least 4 members (excludes halogenated alkanes) is 1. The molecular formula is C18H30N2. The number of benzene rings is 1. The van der Waals surface area contributed by atoms with Gasteiger partial charge in [-0.15, -0.1) is 0 Å². The van der Waals surface area contributed by atoms with Gasteiger partial charge in [-0.3, -0.25) is 0 Å². The van der Waals surface area contributed by atoms with Crippen molar-refractivity contribution in [3.8, 4) is 0 Å². The summed E-state index contributed by atoms with van der Waals surface area (Å²) in [6, 6.07) is 10.8. The monoisotopic (exact) mass is 274 g/mol. The SMILES string of the molecule is CCCCN(CCNCC1CCCC1)c1ccccc1. The Bertz CT molecular complexity index is 344. The highest BCUT2D eigenvalue weighted by atomic mass is 15.1. The number of para-hydroxylation sites is 1. The van der Waals surface area contributed by atoms with E-state index < -0.39 is 0 Å². The van der Waals surface area contributed by atoms with Gasteiger partial charge in [0.25, 0.3) is 0 Å². The Labute approximate surface area is 124 Å². The molecule has 1 saturated carbocycles. The van der Waals surface area contributed by atoms with Crippen molar-refractivity contribution < 1.29 is 0 Å². The summed E-state index contributed by atoms with van der Waals surface area (Å²) in [7, 11) is 0. The first-order chi connectivity index (χ1) is 9.90. The number of nitrogens with zero attached hydrogens (tertiary/aromatic N) is 1. The van der Waals surface area contributed by atoms with Crippen LogP contribution in [0.1, 0.15) is 45.4 Å². The predicted molar refractivity (Wildman–Crippen MR) is 88.4 cm³/mol. The Balaban J connectivity index is 1.72. The molecule has 112 valence electrons. The highest BCUT2D eigenvalue weighted by molar-refractivity contribution is 5.45. The summed E-state index contributed by atoms with van der Waals surface area (Å²) in [5, 5.41) is 3.66. The molecule has 20 heavy (non-hydrogen) atoms. The maximum atomic E-state index is 3.66. The van der Waals surface area contributed by atoms with Crippen LogP contribution in [-0.2, 0) is 0 Å². The summed E-state index contributed by atoms with van der Waals surface area (Å²) in [5.41, 5.74) is 1.36. The molecule has 1 N–H and O–H groups in total. The minimum absolute atomic E-state index is 0.941. The molecule has 0 spiro atoms. The lowest BCUT2D eigenvalue weighted by molar-refractivity contribution is 0.490. The zero-order valence-electron chi connectivity index (χ0n) is 13.0. The van der Waals surface area contributed by atoms with Gasteiger partial charge in [-0.1, -0.05) is 44.4 Å². The van der Waals surface area contributed by atoms with E-state index in [2.05, 4.69) is 47.5 Å². The molecule has 1 aliphatic carbocycles. The van der Waals surface area contributed by atoms with E-state index in [1.165, 1.54) is 57.3 Å². The molecular weight excluding hydrogens is 244 g/mol. The Kier molecular flexibility index (Phi) is 6.93. The Morgan fingerprint density at radius 2 is 1.85 bits per heavy atom. The lowest BCUT2D eigenvalue weighted by Crippen LogP contribution is -2.34. The molecule has 0 atom stereocenters. The quantitative estimate of drug-likeness (QED) is 0.683. The number of rotatable bonds is 9. The third-order valence-corrected chi connectivity index (χ3v) is 4.37. The first-order valence-electron chi connectivity index (χ1n) is 8.41. The lowest BCUT2D eigenvalue weighted by Gasteiger charge is -2.25. The zero-order valence-corrected chi connectivity index (χ0v) is 13.0. The third kappa shape index (κ3) is 5.16. The second-order valence-electron chi connectivity index (χ2n) is 6.03. The fourth-order valence-corrected chi connectivity index (χ4v) is 3.09. The molecule has 2 heteroatoms. The Morgan fingerprint density at radius 1 is 1.10 bits per heavy atom. The molecule has 1 aromatic rings. The minimum atomic E-state index is 0.941. The van der Waals surface area contributed by atoms with Crippen LogP contribution >= 0.6 is 0 Å². The topological polar surface area (TPSA) is 15.3 Å². The second kappa shape index (κ2) is 9.02. The summed E-state index contributed by atoms with van der Waals surface area (Å²) in [4.78, 5) is 2.52. The fraction of sp³-hybridized carbons (Fsp3) is 0.667. The zero-order chi connectivity index (χ0) is 14.0. The van der Waals surface area contributed by atoms with Gasteiger partial charge in [0.15, 0.2) is 0 Å². The van der Waals surface area contributed by atoms with Crippen LogP contribution in [0.4, 0.5) is 5.69 Å². The number of nitrogens with one attached hydrogen (secondary N) is 1. The van der Waals surface area contributed by atoms with Crippen molar-refractivity contribution >= 4 is 5.69 Å². The number of hydrogen-bond acceptors (Lipinski definition) is 2. The van der Waals surface area contributed by atoms with Gasteiger partial charge >= 0.3 is 0 Å². The van der Waals surface area contributed by atoms with Gasteiger partial charge in [-0.05, 0) is 43.9 Å². The van der Waals surface area contributed by atoms with Crippen LogP contribution in [0.15, 0.2) is 30.3 Å². The van der Waals surface area contributed by atoms with E-state index in [4.69, 9.17) is 0 Å². The van der Waals surface area contributed by atoms with Gasteiger partial charge in [0, 0.05) is 25.3 Å². The second-order valence-corrected chi connectivity index (χ2v) is 6.03. The van der Waals surface area contributed by atoms with E-state index >= 15 is 0 Å². The molecule has 0 heterocycles. The average Bonchev–Trinajstić information content (AvgIpc) is 3.01. The molecule has 0 aliphatic heterocycles. The van der Waals surface area contributed by atoms with Crippen LogP contribution in [0.2, 0.25) is 0 Å². The van der Waals surface area contributed by atoms with Crippen molar-refractivity contribution in [2.24, 2.45) is 5.92 Å². The van der Waals surface area contributed by atoms with Crippen molar-refractivity contribution in [2.75, 3.05) is 31.1 Å². The van der Waals surface area contributed by atoms with Gasteiger partial charge in [-0.25, -0.2) is 0 Å². The summed E-state index contributed by atoms with van der Waals surface area (Å²) in [6.07, 6.45) is 8.30. The highest BCUT2D eigenvalue weighted by Gasteiger charge is 2.14. The standard InChI is InChI=1S/C18H30N2/c1-2-3-14-20(18-11-5-4-6-12-18)15-13-19-16-17-9-7-8-10-17/h4-6,11-12,17,19H,2-3,7-10,13-16H2,1H3. The Hall–Kier alpha value is -1.02. The molecule has 0 amide bonds. The summed E-state index contributed by atoms with van der Waals surface area (Å²) >= 11 is 0. The first kappa shape index (κ1) is 15.4. The van der Waals surface area contributed by atoms with E-state index in [1.54, 1.807) is 0 Å². The van der Waals surface area contributed by atoms with Crippen LogP contribution in [0.25, 0.3) is 0 Å². The van der Waals surface area contributed by atoms with Crippen molar-refractivity contribution in [3.05, 3.63) is 30.3 Å². The molecule has 1 aliphatic rings. The van der Waals surface area contributed by atoms with Gasteiger partial charge < -0.3 is 10.2 Å². The van der Waals surface area contributed by atoms with Gasteiger partial charge in [0.05, 0.1) is 0 Å². The summed E-state index contributed by atoms with van der Waals surface area (Å²) < 4.78 is 0. The van der Waals surface area contributed by atoms with Crippen molar-refractivity contribution in [2.45, 2.75) is 45.4 Å². The minimum Gasteiger partial charge on any atom is -0.370 e. The Morgan fingerprint density at radius 3 is 2.55 bits per heavy atom. The molecule has 1 fully saturated rings. The average molecular weight is 274 g/mol. The molecule has 0 unspecified atom stereocenters. The predicted octanol–water partition coefficient (Wildman–Crippen LogP) is 4.07. The number of hydrogen-bond donors (Lipinski definition) is 1. The van der Waals surface area contributed by atoms with Crippen LogP contribution in [0.3, 0.4) is 0 Å². The lowest BCUT2D eigenvalue weighted by atomic mass is 10.1. The fourth-order valence-electron chi connectivity index (χ4n) is 3.09. The molecule has 0 bridgehead atoms.